The van der Waals surface area contributed by atoms with Crippen LogP contribution in [-0.4, -0.2) is 65.5 Å². The van der Waals surface area contributed by atoms with E-state index in [-0.39, 0.29) is 23.7 Å². The molecule has 2 aromatic heterocycles. The Morgan fingerprint density at radius 1 is 1.25 bits per heavy atom. The van der Waals surface area contributed by atoms with E-state index >= 15 is 4.39 Å². The zero-order chi connectivity index (χ0) is 25.0. The zero-order valence-electron chi connectivity index (χ0n) is 19.7. The first kappa shape index (κ1) is 22.7. The number of hydrogen-bond acceptors (Lipinski definition) is 8. The van der Waals surface area contributed by atoms with Gasteiger partial charge in [-0.15, -0.1) is 0 Å². The maximum Gasteiger partial charge on any atom is 0.413 e. The molecule has 2 aliphatic heterocycles. The van der Waals surface area contributed by atoms with Gasteiger partial charge in [-0.1, -0.05) is 0 Å². The summed E-state index contributed by atoms with van der Waals surface area (Å²) in [6.07, 6.45) is 2.82. The number of carbonyl (C=O) groups excluding carboxylic acids is 1. The van der Waals surface area contributed by atoms with E-state index in [0.29, 0.717) is 66.9 Å². The number of hydrogen-bond donors (Lipinski definition) is 3. The predicted octanol–water partition coefficient (Wildman–Crippen LogP) is 3.86. The van der Waals surface area contributed by atoms with Gasteiger partial charge >= 0.3 is 6.09 Å². The second-order valence-electron chi connectivity index (χ2n) is 9.52. The maximum absolute atomic E-state index is 15.3. The summed E-state index contributed by atoms with van der Waals surface area (Å²) in [5.41, 5.74) is 8.51. The van der Waals surface area contributed by atoms with Crippen molar-refractivity contribution in [3.63, 3.8) is 0 Å². The molecule has 188 valence electrons. The molecule has 0 spiro atoms. The normalized spacial score (nSPS) is 21.5. The molecule has 0 atom stereocenters. The van der Waals surface area contributed by atoms with E-state index in [1.807, 2.05) is 6.92 Å². The molecule has 3 aliphatic rings. The minimum absolute atomic E-state index is 0.0347. The number of rotatable bonds is 4. The number of nitrogens with two attached hydrogens (primary N) is 1. The summed E-state index contributed by atoms with van der Waals surface area (Å²) in [5, 5.41) is 6.93. The summed E-state index contributed by atoms with van der Waals surface area (Å²) < 4.78 is 39.4. The van der Waals surface area contributed by atoms with Gasteiger partial charge in [-0.3, -0.25) is 10.2 Å². The fraction of sp³-hybridized carbons (Fsp3) is 0.400. The lowest BCUT2D eigenvalue weighted by molar-refractivity contribution is -0.0575. The number of fused-ring (bicyclic) bond motifs is 2. The van der Waals surface area contributed by atoms with E-state index in [0.717, 1.165) is 11.3 Å². The number of nitrogens with zero attached hydrogens (tertiary/aromatic N) is 3. The second-order valence-corrected chi connectivity index (χ2v) is 9.52. The fourth-order valence-electron chi connectivity index (χ4n) is 5.03. The van der Waals surface area contributed by atoms with Gasteiger partial charge in [0.25, 0.3) is 0 Å². The molecule has 9 nitrogen and oxygen atoms in total. The van der Waals surface area contributed by atoms with Crippen LogP contribution in [0.15, 0.2) is 24.5 Å². The van der Waals surface area contributed by atoms with Gasteiger partial charge in [0.05, 0.1) is 5.69 Å². The van der Waals surface area contributed by atoms with E-state index in [9.17, 15) is 9.18 Å². The van der Waals surface area contributed by atoms with Crippen LogP contribution in [0.5, 0.6) is 5.88 Å². The SMILES string of the molecule is Cc1c(-c2cc3cc(NC(=O)O[C@H]4C[C@@H](N5CC(F)C5)C4)ncc3c(N)c2F)cnc2c1NCCO2. The third-order valence-corrected chi connectivity index (χ3v) is 7.19. The topological polar surface area (TPSA) is 115 Å². The predicted molar refractivity (Wildman–Crippen MR) is 131 cm³/mol. The average molecular weight is 497 g/mol. The highest BCUT2D eigenvalue weighted by Gasteiger charge is 2.41. The molecule has 4 heterocycles. The van der Waals surface area contributed by atoms with Gasteiger partial charge < -0.3 is 20.5 Å². The van der Waals surface area contributed by atoms with Crippen LogP contribution in [0.1, 0.15) is 18.4 Å². The fourth-order valence-corrected chi connectivity index (χ4v) is 5.03. The highest BCUT2D eigenvalue weighted by atomic mass is 19.1. The van der Waals surface area contributed by atoms with Crippen molar-refractivity contribution in [2.24, 2.45) is 0 Å². The van der Waals surface area contributed by atoms with Crippen LogP contribution in [0.25, 0.3) is 21.9 Å². The Kier molecular flexibility index (Phi) is 5.51. The summed E-state index contributed by atoms with van der Waals surface area (Å²) in [4.78, 5) is 23.0. The zero-order valence-corrected chi connectivity index (χ0v) is 19.7. The van der Waals surface area contributed by atoms with Crippen molar-refractivity contribution < 1.29 is 23.0 Å². The van der Waals surface area contributed by atoms with E-state index < -0.39 is 18.1 Å². The molecular weight excluding hydrogens is 470 g/mol. The number of carbonyl (C=O) groups is 1. The molecule has 4 N–H and O–H groups in total. The molecular formula is C25H26F2N6O3. The number of benzene rings is 1. The number of anilines is 3. The van der Waals surface area contributed by atoms with Crippen molar-refractivity contribution >= 4 is 34.1 Å². The van der Waals surface area contributed by atoms with Gasteiger partial charge in [0.1, 0.15) is 30.4 Å². The molecule has 1 aliphatic carbocycles. The van der Waals surface area contributed by atoms with Crippen LogP contribution < -0.4 is 21.1 Å². The van der Waals surface area contributed by atoms with Gasteiger partial charge in [-0.2, -0.15) is 0 Å². The Balaban J connectivity index is 1.21. The molecule has 3 aromatic rings. The molecule has 0 unspecified atom stereocenters. The minimum Gasteiger partial charge on any atom is -0.474 e. The van der Waals surface area contributed by atoms with E-state index in [2.05, 4.69) is 25.5 Å². The van der Waals surface area contributed by atoms with Crippen molar-refractivity contribution in [3.8, 4) is 17.0 Å². The summed E-state index contributed by atoms with van der Waals surface area (Å²) in [5.74, 6) is 0.186. The highest BCUT2D eigenvalue weighted by Crippen LogP contribution is 2.39. The number of nitrogen functional groups attached to an aromatic ring is 1. The number of alkyl halides is 1. The van der Waals surface area contributed by atoms with Gasteiger partial charge in [-0.25, -0.2) is 23.5 Å². The Morgan fingerprint density at radius 2 is 2.06 bits per heavy atom. The third kappa shape index (κ3) is 3.93. The third-order valence-electron chi connectivity index (χ3n) is 7.19. The first-order chi connectivity index (χ1) is 17.4. The van der Waals surface area contributed by atoms with Crippen LogP contribution >= 0.6 is 0 Å². The van der Waals surface area contributed by atoms with Crippen LogP contribution in [0.2, 0.25) is 0 Å². The summed E-state index contributed by atoms with van der Waals surface area (Å²) in [6, 6.07) is 3.57. The molecule has 1 aromatic carbocycles. The molecule has 11 heteroatoms. The van der Waals surface area contributed by atoms with Gasteiger partial charge in [-0.05, 0) is 30.0 Å². The van der Waals surface area contributed by atoms with Gasteiger partial charge in [0.2, 0.25) is 5.88 Å². The lowest BCUT2D eigenvalue weighted by Crippen LogP contribution is -2.59. The lowest BCUT2D eigenvalue weighted by atomic mass is 9.86. The molecule has 1 saturated carbocycles. The highest BCUT2D eigenvalue weighted by molar-refractivity contribution is 5.99. The monoisotopic (exact) mass is 496 g/mol. The maximum atomic E-state index is 15.3. The number of ether oxygens (including phenoxy) is 2. The van der Waals surface area contributed by atoms with E-state index in [1.165, 1.54) is 6.20 Å². The Labute approximate surface area is 206 Å². The molecule has 1 saturated heterocycles. The summed E-state index contributed by atoms with van der Waals surface area (Å²) >= 11 is 0. The second kappa shape index (κ2) is 8.74. The molecule has 0 bridgehead atoms. The largest absolute Gasteiger partial charge is 0.474 e. The number of nitrogens with one attached hydrogen (secondary N) is 2. The molecule has 36 heavy (non-hydrogen) atoms. The van der Waals surface area contributed by atoms with Gasteiger partial charge in [0, 0.05) is 67.4 Å². The van der Waals surface area contributed by atoms with Crippen LogP contribution in [0, 0.1) is 12.7 Å². The van der Waals surface area contributed by atoms with Crippen LogP contribution in [-0.2, 0) is 4.74 Å². The average Bonchev–Trinajstić information content (AvgIpc) is 2.82. The van der Waals surface area contributed by atoms with Crippen molar-refractivity contribution in [2.75, 3.05) is 42.6 Å². The van der Waals surface area contributed by atoms with Crippen molar-refractivity contribution in [1.82, 2.24) is 14.9 Å². The van der Waals surface area contributed by atoms with Crippen LogP contribution in [0.4, 0.5) is 30.8 Å². The van der Waals surface area contributed by atoms with E-state index in [4.69, 9.17) is 15.2 Å². The minimum atomic E-state index is -0.742. The Hall–Kier alpha value is -3.73. The number of pyridine rings is 2. The van der Waals surface area contributed by atoms with Crippen molar-refractivity contribution in [2.45, 2.75) is 38.1 Å². The van der Waals surface area contributed by atoms with Crippen molar-refractivity contribution in [1.29, 1.82) is 0 Å². The van der Waals surface area contributed by atoms with Crippen molar-refractivity contribution in [3.05, 3.63) is 35.9 Å². The van der Waals surface area contributed by atoms with E-state index in [1.54, 1.807) is 18.3 Å². The molecule has 1 amide bonds. The lowest BCUT2D eigenvalue weighted by Gasteiger charge is -2.47. The molecule has 2 fully saturated rings. The van der Waals surface area contributed by atoms with Gasteiger partial charge in [0.15, 0.2) is 5.82 Å². The number of likely N-dealkylation sites (tertiary alicyclic amines) is 1. The Bertz CT molecular complexity index is 1360. The smallest absolute Gasteiger partial charge is 0.413 e. The number of amides is 1. The Morgan fingerprint density at radius 3 is 2.83 bits per heavy atom. The summed E-state index contributed by atoms with van der Waals surface area (Å²) in [7, 11) is 0. The first-order valence-corrected chi connectivity index (χ1v) is 12.0. The standard InChI is InChI=1S/C25H26F2N6O3/c1-12-18(8-31-24-23(12)29-2-3-35-24)17-4-13-5-20(30-9-19(13)22(28)21(17)27)32-25(34)36-16-6-15(7-16)33-10-14(26)11-33/h4-5,8-9,14-16,29H,2-3,6-7,10-11,28H2,1H3,(H,30,32,34)/t15-,16+. The first-order valence-electron chi connectivity index (χ1n) is 12.0. The molecule has 0 radical (unpaired) electrons. The number of aromatic nitrogens is 2. The summed E-state index contributed by atoms with van der Waals surface area (Å²) in [6.45, 7) is 3.94. The number of halogens is 2. The van der Waals surface area contributed by atoms with Crippen LogP contribution in [0.3, 0.4) is 0 Å². The quantitative estimate of drug-likeness (QED) is 0.467. The molecule has 6 rings (SSSR count).